The quantitative estimate of drug-likeness (QED) is 0.432. The van der Waals surface area contributed by atoms with E-state index in [0.717, 1.165) is 0 Å². The van der Waals surface area contributed by atoms with E-state index in [4.69, 9.17) is 30.0 Å². The van der Waals surface area contributed by atoms with Crippen LogP contribution in [0.25, 0.3) is 0 Å². The van der Waals surface area contributed by atoms with Crippen LogP contribution in [0, 0.1) is 0 Å². The maximum Gasteiger partial charge on any atom is 0.0414 e. The second-order valence-electron chi connectivity index (χ2n) is 1.62. The third-order valence-corrected chi connectivity index (χ3v) is 0.454. The van der Waals surface area contributed by atoms with Gasteiger partial charge in [0.05, 0.1) is 0 Å². The maximum atomic E-state index is 9.49. The fourth-order valence-electron chi connectivity index (χ4n) is 0.204. The van der Waals surface area contributed by atoms with Crippen molar-refractivity contribution in [1.29, 1.82) is 0 Å². The lowest BCUT2D eigenvalue weighted by molar-refractivity contribution is -0.417. The topological polar surface area (TPSA) is 167 Å². The lowest BCUT2D eigenvalue weighted by Crippen LogP contribution is -2.37. The van der Waals surface area contributed by atoms with E-state index in [1.165, 1.54) is 0 Å². The summed E-state index contributed by atoms with van der Waals surface area (Å²) >= 11 is 0. The standard InChI is InChI=1S/C4H8O2.2CH2O3/c1-2-3-4(5)6;2*2-1(3)4/h2-3H2,1H3,(H,5,6);2*(H2,2,3,4)/p-5. The molecule has 0 bridgehead atoms. The van der Waals surface area contributed by atoms with Crippen LogP contribution in [0.4, 0.5) is 9.59 Å². The zero-order chi connectivity index (χ0) is 12.1. The molecule has 0 unspecified atom stereocenters. The first-order valence-corrected chi connectivity index (χ1v) is 3.19. The third-order valence-electron chi connectivity index (χ3n) is 0.454. The van der Waals surface area contributed by atoms with Gasteiger partial charge in [0.15, 0.2) is 0 Å². The molecule has 0 aliphatic rings. The average Bonchev–Trinajstić information content (AvgIpc) is 1.82. The molecule has 0 heterocycles. The Morgan fingerprint density at radius 2 is 1.07 bits per heavy atom. The molecule has 0 radical (unpaired) electrons. The molecule has 0 aromatic heterocycles. The number of carboxylic acids is 1. The smallest absolute Gasteiger partial charge is 0.0414 e. The minimum Gasteiger partial charge on any atom is -0.652 e. The Kier molecular flexibility index (Phi) is 17.4. The van der Waals surface area contributed by atoms with Crippen LogP contribution in [0.1, 0.15) is 19.8 Å². The van der Waals surface area contributed by atoms with Gasteiger partial charge in [0.25, 0.3) is 0 Å². The van der Waals surface area contributed by atoms with E-state index in [2.05, 4.69) is 0 Å². The van der Waals surface area contributed by atoms with Crippen molar-refractivity contribution in [2.75, 3.05) is 0 Å². The summed E-state index contributed by atoms with van der Waals surface area (Å²) in [5.41, 5.74) is 0. The van der Waals surface area contributed by atoms with Crippen LogP contribution in [0.2, 0.25) is 0 Å². The lowest BCUT2D eigenvalue weighted by Gasteiger charge is -1.96. The summed E-state index contributed by atoms with van der Waals surface area (Å²) in [5.74, 6) is -0.961. The average molecular weight is 207 g/mol. The highest BCUT2D eigenvalue weighted by atomic mass is 16.6. The molecule has 8 heteroatoms. The Morgan fingerprint density at radius 1 is 0.857 bits per heavy atom. The second-order valence-corrected chi connectivity index (χ2v) is 1.62. The van der Waals surface area contributed by atoms with E-state index in [9.17, 15) is 9.90 Å². The van der Waals surface area contributed by atoms with E-state index in [1.807, 2.05) is 0 Å². The number of hydrogen-bond donors (Lipinski definition) is 0. The fraction of sp³-hybridized carbons (Fsp3) is 0.500. The minimum atomic E-state index is -2.33. The second kappa shape index (κ2) is 13.6. The molecule has 0 aromatic rings. The number of carbonyl (C=O) groups excluding carboxylic acids is 3. The number of carboxylic acid groups (broad SMARTS) is 5. The predicted octanol–water partition coefficient (Wildman–Crippen LogP) is -5.36. The van der Waals surface area contributed by atoms with Gasteiger partial charge in [-0.25, -0.2) is 0 Å². The summed E-state index contributed by atoms with van der Waals surface area (Å²) in [6, 6.07) is 0. The first-order chi connectivity index (χ1) is 6.23. The lowest BCUT2D eigenvalue weighted by atomic mass is 10.4. The number of carbonyl (C=O) groups is 3. The summed E-state index contributed by atoms with van der Waals surface area (Å²) in [6.45, 7) is 1.80. The van der Waals surface area contributed by atoms with Gasteiger partial charge in [-0.05, 0) is 18.7 Å². The van der Waals surface area contributed by atoms with Gasteiger partial charge < -0.3 is 39.9 Å². The van der Waals surface area contributed by atoms with Gasteiger partial charge in [0, 0.05) is 5.97 Å². The molecular weight excluding hydrogens is 200 g/mol. The van der Waals surface area contributed by atoms with Crippen molar-refractivity contribution < 1.29 is 39.9 Å². The fourth-order valence-corrected chi connectivity index (χ4v) is 0.204. The molecule has 0 amide bonds. The van der Waals surface area contributed by atoms with Gasteiger partial charge in [0.2, 0.25) is 0 Å². The van der Waals surface area contributed by atoms with Gasteiger partial charge >= 0.3 is 0 Å². The molecule has 0 saturated carbocycles. The molecule has 0 aromatic carbocycles. The SMILES string of the molecule is CCCC(=O)[O-].O=C([O-])[O-].O=C([O-])[O-]. The molecule has 0 fully saturated rings. The molecule has 0 rings (SSSR count). The molecule has 8 nitrogen and oxygen atoms in total. The van der Waals surface area contributed by atoms with Crippen LogP contribution in [-0.4, -0.2) is 18.3 Å². The van der Waals surface area contributed by atoms with Gasteiger partial charge in [-0.15, -0.1) is 0 Å². The normalized spacial score (nSPS) is 6.93. The number of aliphatic carboxylic acids is 1. The van der Waals surface area contributed by atoms with Gasteiger partial charge in [0.1, 0.15) is 0 Å². The Bertz CT molecular complexity index is 155. The van der Waals surface area contributed by atoms with E-state index in [1.54, 1.807) is 6.92 Å². The highest BCUT2D eigenvalue weighted by molar-refractivity contribution is 5.63. The Labute approximate surface area is 79.0 Å². The summed E-state index contributed by atoms with van der Waals surface area (Å²) < 4.78 is 0. The van der Waals surface area contributed by atoms with Crippen molar-refractivity contribution in [3.8, 4) is 0 Å². The van der Waals surface area contributed by atoms with Crippen LogP contribution in [-0.2, 0) is 4.79 Å². The van der Waals surface area contributed by atoms with E-state index < -0.39 is 18.3 Å². The highest BCUT2D eigenvalue weighted by Crippen LogP contribution is 1.79. The molecule has 0 atom stereocenters. The monoisotopic (exact) mass is 207 g/mol. The highest BCUT2D eigenvalue weighted by Gasteiger charge is 1.75. The molecular formula is C6H7O8-5. The molecule has 0 aliphatic carbocycles. The van der Waals surface area contributed by atoms with Gasteiger partial charge in [-0.3, -0.25) is 0 Å². The number of rotatable bonds is 2. The van der Waals surface area contributed by atoms with Gasteiger partial charge in [-0.2, -0.15) is 0 Å². The predicted molar refractivity (Wildman–Crippen MR) is 30.7 cm³/mol. The van der Waals surface area contributed by atoms with Crippen LogP contribution < -0.4 is 25.5 Å². The summed E-state index contributed by atoms with van der Waals surface area (Å²) in [4.78, 5) is 26.2. The third kappa shape index (κ3) is 797. The van der Waals surface area contributed by atoms with Crippen molar-refractivity contribution in [1.82, 2.24) is 0 Å². The minimum absolute atomic E-state index is 0.181. The van der Waals surface area contributed by atoms with Crippen molar-refractivity contribution in [3.05, 3.63) is 0 Å². The first kappa shape index (κ1) is 17.9. The summed E-state index contributed by atoms with van der Waals surface area (Å²) in [7, 11) is 0. The summed E-state index contributed by atoms with van der Waals surface area (Å²) in [6.07, 6.45) is -3.82. The summed E-state index contributed by atoms with van der Waals surface area (Å²) in [5, 5.41) is 42.8. The molecule has 0 spiro atoms. The van der Waals surface area contributed by atoms with Crippen LogP contribution in [0.5, 0.6) is 0 Å². The van der Waals surface area contributed by atoms with E-state index in [0.29, 0.717) is 6.42 Å². The van der Waals surface area contributed by atoms with Gasteiger partial charge in [-0.1, -0.05) is 13.3 Å². The van der Waals surface area contributed by atoms with Crippen molar-refractivity contribution in [2.24, 2.45) is 0 Å². The van der Waals surface area contributed by atoms with E-state index in [-0.39, 0.29) is 6.42 Å². The maximum absolute atomic E-state index is 9.49. The zero-order valence-electron chi connectivity index (χ0n) is 7.18. The van der Waals surface area contributed by atoms with Crippen LogP contribution >= 0.6 is 0 Å². The van der Waals surface area contributed by atoms with Crippen LogP contribution in [0.15, 0.2) is 0 Å². The van der Waals surface area contributed by atoms with Crippen molar-refractivity contribution in [3.63, 3.8) is 0 Å². The number of hydrogen-bond acceptors (Lipinski definition) is 8. The Morgan fingerprint density at radius 3 is 1.07 bits per heavy atom. The molecule has 14 heavy (non-hydrogen) atoms. The molecule has 0 saturated heterocycles. The Balaban J connectivity index is -0.000000135. The van der Waals surface area contributed by atoms with Crippen LogP contribution in [0.3, 0.4) is 0 Å². The van der Waals surface area contributed by atoms with Crippen molar-refractivity contribution in [2.45, 2.75) is 19.8 Å². The molecule has 0 aliphatic heterocycles. The first-order valence-electron chi connectivity index (χ1n) is 3.19. The van der Waals surface area contributed by atoms with E-state index >= 15 is 0 Å². The molecule has 0 N–H and O–H groups in total. The largest absolute Gasteiger partial charge is 0.652 e. The van der Waals surface area contributed by atoms with Crippen molar-refractivity contribution >= 4 is 18.3 Å². The molecule has 84 valence electrons. The zero-order valence-corrected chi connectivity index (χ0v) is 7.18. The Hall–Kier alpha value is -1.99.